The van der Waals surface area contributed by atoms with Crippen molar-refractivity contribution < 1.29 is 14.4 Å². The molecule has 158 valence electrons. The lowest BCUT2D eigenvalue weighted by Crippen LogP contribution is -2.51. The molecule has 0 aromatic heterocycles. The third kappa shape index (κ3) is 4.58. The Morgan fingerprint density at radius 2 is 1.97 bits per heavy atom. The van der Waals surface area contributed by atoms with Gasteiger partial charge in [-0.15, -0.1) is 0 Å². The monoisotopic (exact) mass is 419 g/mol. The fourth-order valence-electron chi connectivity index (χ4n) is 4.43. The highest BCUT2D eigenvalue weighted by Gasteiger charge is 2.53. The van der Waals surface area contributed by atoms with Crippen LogP contribution < -0.4 is 10.6 Å². The van der Waals surface area contributed by atoms with Gasteiger partial charge in [0.2, 0.25) is 5.91 Å². The lowest BCUT2D eigenvalue weighted by atomic mass is 9.67. The largest absolute Gasteiger partial charge is 0.348 e. The van der Waals surface area contributed by atoms with Gasteiger partial charge in [0.15, 0.2) is 0 Å². The van der Waals surface area contributed by atoms with Gasteiger partial charge in [-0.25, -0.2) is 4.79 Å². The van der Waals surface area contributed by atoms with Crippen molar-refractivity contribution in [3.05, 3.63) is 34.9 Å². The first kappa shape index (κ1) is 21.6. The van der Waals surface area contributed by atoms with Crippen molar-refractivity contribution in [1.29, 1.82) is 0 Å². The van der Waals surface area contributed by atoms with Crippen molar-refractivity contribution in [1.82, 2.24) is 15.5 Å². The topological polar surface area (TPSA) is 78.5 Å². The normalized spacial score (nSPS) is 25.8. The molecular formula is C22H30ClN3O3. The van der Waals surface area contributed by atoms with Crippen LogP contribution in [0, 0.1) is 11.3 Å². The van der Waals surface area contributed by atoms with E-state index in [1.807, 2.05) is 19.1 Å². The maximum Gasteiger partial charge on any atom is 0.325 e. The molecule has 1 aliphatic heterocycles. The summed E-state index contributed by atoms with van der Waals surface area (Å²) in [5.41, 5.74) is 0.195. The fourth-order valence-corrected chi connectivity index (χ4v) is 4.62. The quantitative estimate of drug-likeness (QED) is 0.723. The molecule has 29 heavy (non-hydrogen) atoms. The first-order valence-corrected chi connectivity index (χ1v) is 10.6. The third-order valence-electron chi connectivity index (χ3n) is 6.34. The Kier molecular flexibility index (Phi) is 5.95. The lowest BCUT2D eigenvalue weighted by Gasteiger charge is -2.40. The van der Waals surface area contributed by atoms with E-state index < -0.39 is 11.6 Å². The van der Waals surface area contributed by atoms with Crippen LogP contribution in [0.1, 0.15) is 65.0 Å². The molecule has 4 amide bonds. The number of benzene rings is 1. The molecule has 7 heteroatoms. The number of hydrogen-bond donors (Lipinski definition) is 2. The summed E-state index contributed by atoms with van der Waals surface area (Å²) >= 11 is 6.00. The number of nitrogens with zero attached hydrogens (tertiary/aromatic N) is 1. The van der Waals surface area contributed by atoms with E-state index in [4.69, 9.17) is 11.6 Å². The zero-order chi connectivity index (χ0) is 21.4. The van der Waals surface area contributed by atoms with E-state index in [1.54, 1.807) is 12.1 Å². The summed E-state index contributed by atoms with van der Waals surface area (Å²) in [7, 11) is 0. The van der Waals surface area contributed by atoms with E-state index in [9.17, 15) is 14.4 Å². The van der Waals surface area contributed by atoms with Gasteiger partial charge in [0.1, 0.15) is 12.1 Å². The molecule has 1 aliphatic carbocycles. The maximum absolute atomic E-state index is 13.0. The minimum atomic E-state index is -0.850. The number of carbonyl (C=O) groups excluding carboxylic acids is 3. The highest BCUT2D eigenvalue weighted by molar-refractivity contribution is 6.30. The van der Waals surface area contributed by atoms with Crippen LogP contribution in [0.2, 0.25) is 5.02 Å². The van der Waals surface area contributed by atoms with Gasteiger partial charge in [-0.1, -0.05) is 44.5 Å². The molecule has 1 aromatic rings. The van der Waals surface area contributed by atoms with Crippen LogP contribution in [0.15, 0.2) is 24.3 Å². The maximum atomic E-state index is 13.0. The van der Waals surface area contributed by atoms with Crippen molar-refractivity contribution in [2.75, 3.05) is 6.54 Å². The average molecular weight is 420 g/mol. The number of nitrogens with one attached hydrogen (secondary N) is 2. The van der Waals surface area contributed by atoms with Crippen molar-refractivity contribution in [2.45, 2.75) is 65.0 Å². The number of rotatable bonds is 4. The summed E-state index contributed by atoms with van der Waals surface area (Å²) in [6.45, 7) is 8.19. The van der Waals surface area contributed by atoms with Crippen molar-refractivity contribution in [2.24, 2.45) is 11.3 Å². The van der Waals surface area contributed by atoms with Gasteiger partial charge in [0.05, 0.1) is 6.04 Å². The average Bonchev–Trinajstić information content (AvgIpc) is 2.85. The standard InChI is InChI=1S/C22H30ClN3O3/c1-14(15-6-5-7-17(23)12-15)24-18(27)13-26-19(28)22(25-20(26)29)10-8-16(9-11-22)21(2,3)4/h5-7,12,14,16H,8-11,13H2,1-4H3,(H,24,27)(H,25,29). The molecule has 1 spiro atoms. The molecule has 1 unspecified atom stereocenters. The Morgan fingerprint density at radius 3 is 2.55 bits per heavy atom. The summed E-state index contributed by atoms with van der Waals surface area (Å²) in [5, 5.41) is 6.31. The molecule has 2 fully saturated rings. The van der Waals surface area contributed by atoms with Crippen LogP contribution in [-0.4, -0.2) is 34.8 Å². The molecule has 0 radical (unpaired) electrons. The van der Waals surface area contributed by atoms with Gasteiger partial charge in [-0.2, -0.15) is 0 Å². The smallest absolute Gasteiger partial charge is 0.325 e. The van der Waals surface area contributed by atoms with E-state index in [-0.39, 0.29) is 29.8 Å². The summed E-state index contributed by atoms with van der Waals surface area (Å²) in [6, 6.07) is 6.47. The van der Waals surface area contributed by atoms with E-state index in [0.717, 1.165) is 23.3 Å². The van der Waals surface area contributed by atoms with Crippen molar-refractivity contribution in [3.63, 3.8) is 0 Å². The fraction of sp³-hybridized carbons (Fsp3) is 0.591. The second-order valence-corrected chi connectivity index (χ2v) is 9.82. The van der Waals surface area contributed by atoms with E-state index in [2.05, 4.69) is 31.4 Å². The highest BCUT2D eigenvalue weighted by atomic mass is 35.5. The number of imide groups is 1. The minimum absolute atomic E-state index is 0.184. The summed E-state index contributed by atoms with van der Waals surface area (Å²) in [6.07, 6.45) is 3.02. The molecule has 6 nitrogen and oxygen atoms in total. The number of hydrogen-bond acceptors (Lipinski definition) is 3. The van der Waals surface area contributed by atoms with Gasteiger partial charge in [0.25, 0.3) is 5.91 Å². The van der Waals surface area contributed by atoms with E-state index >= 15 is 0 Å². The molecule has 1 heterocycles. The van der Waals surface area contributed by atoms with Gasteiger partial charge in [0, 0.05) is 5.02 Å². The molecule has 1 aromatic carbocycles. The predicted molar refractivity (Wildman–Crippen MR) is 112 cm³/mol. The van der Waals surface area contributed by atoms with Gasteiger partial charge >= 0.3 is 6.03 Å². The summed E-state index contributed by atoms with van der Waals surface area (Å²) in [5.74, 6) is -0.129. The second-order valence-electron chi connectivity index (χ2n) is 9.39. The van der Waals surface area contributed by atoms with E-state index in [0.29, 0.717) is 23.8 Å². The van der Waals surface area contributed by atoms with Gasteiger partial charge in [-0.3, -0.25) is 14.5 Å². The Hall–Kier alpha value is -2.08. The molecule has 3 rings (SSSR count). The van der Waals surface area contributed by atoms with Crippen LogP contribution in [0.4, 0.5) is 4.79 Å². The second kappa shape index (κ2) is 7.98. The number of amides is 4. The van der Waals surface area contributed by atoms with Crippen LogP contribution in [0.5, 0.6) is 0 Å². The molecule has 1 saturated carbocycles. The first-order valence-electron chi connectivity index (χ1n) is 10.2. The zero-order valence-electron chi connectivity index (χ0n) is 17.5. The van der Waals surface area contributed by atoms with Crippen LogP contribution >= 0.6 is 11.6 Å². The molecule has 2 aliphatic rings. The van der Waals surface area contributed by atoms with Crippen LogP contribution in [0.3, 0.4) is 0 Å². The third-order valence-corrected chi connectivity index (χ3v) is 6.57. The van der Waals surface area contributed by atoms with Crippen LogP contribution in [0.25, 0.3) is 0 Å². The first-order chi connectivity index (χ1) is 13.5. The summed E-state index contributed by atoms with van der Waals surface area (Å²) < 4.78 is 0. The highest BCUT2D eigenvalue weighted by Crippen LogP contribution is 2.43. The molecule has 1 saturated heterocycles. The number of carbonyl (C=O) groups is 3. The molecule has 2 N–H and O–H groups in total. The van der Waals surface area contributed by atoms with Crippen LogP contribution in [-0.2, 0) is 9.59 Å². The van der Waals surface area contributed by atoms with Gasteiger partial charge < -0.3 is 10.6 Å². The minimum Gasteiger partial charge on any atom is -0.348 e. The molecule has 0 bridgehead atoms. The molecule has 1 atom stereocenters. The van der Waals surface area contributed by atoms with Gasteiger partial charge in [-0.05, 0) is 61.6 Å². The Balaban J connectivity index is 1.61. The van der Waals surface area contributed by atoms with Crippen molar-refractivity contribution in [3.8, 4) is 0 Å². The molecular weight excluding hydrogens is 390 g/mol. The summed E-state index contributed by atoms with van der Waals surface area (Å²) in [4.78, 5) is 39.0. The number of urea groups is 1. The Morgan fingerprint density at radius 1 is 1.31 bits per heavy atom. The Labute approximate surface area is 177 Å². The zero-order valence-corrected chi connectivity index (χ0v) is 18.3. The predicted octanol–water partition coefficient (Wildman–Crippen LogP) is 4.04. The lowest BCUT2D eigenvalue weighted by molar-refractivity contribution is -0.136. The van der Waals surface area contributed by atoms with E-state index in [1.165, 1.54) is 0 Å². The SMILES string of the molecule is CC(NC(=O)CN1C(=O)NC2(CCC(C(C)(C)C)CC2)C1=O)c1cccc(Cl)c1. The Bertz CT molecular complexity index is 810. The number of halogens is 1. The van der Waals surface area contributed by atoms with Crippen molar-refractivity contribution >= 4 is 29.4 Å².